The summed E-state index contributed by atoms with van der Waals surface area (Å²) in [5.41, 5.74) is 5.28. The first-order valence-electron chi connectivity index (χ1n) is 13.2. The summed E-state index contributed by atoms with van der Waals surface area (Å²) in [6.45, 7) is 10.4. The Balaban J connectivity index is 1.55. The molecule has 2 aliphatic heterocycles. The van der Waals surface area contributed by atoms with Crippen LogP contribution in [-0.4, -0.2) is 74.4 Å². The van der Waals surface area contributed by atoms with E-state index in [-0.39, 0.29) is 11.9 Å². The van der Waals surface area contributed by atoms with Gasteiger partial charge in [-0.15, -0.1) is 0 Å². The lowest BCUT2D eigenvalue weighted by Crippen LogP contribution is -2.44. The first kappa shape index (κ1) is 25.3. The SMILES string of the molecule is CSc1nc2cc(F)ccc2n1-c1nc(-c2c(C)nn(C3CCNCC3)c2C)cc(N2CCOC[C@H]2C)n1. The standard InChI is InChI=1S/C27H33FN8OS/c1-16-15-37-12-11-34(16)24-14-22(25-17(2)33-36(18(25)3)20-7-9-29-10-8-20)30-26(32-24)35-23-6-5-19(28)13-21(23)31-27(35)38-4/h5-6,13-14,16,20,29H,7-12,15H2,1-4H3/t16-/m1/s1. The molecule has 4 aromatic rings. The Morgan fingerprint density at radius 2 is 1.92 bits per heavy atom. The molecule has 0 saturated carbocycles. The van der Waals surface area contributed by atoms with Crippen molar-refractivity contribution in [3.8, 4) is 17.2 Å². The molecule has 3 aromatic heterocycles. The fourth-order valence-electron chi connectivity index (χ4n) is 5.67. The van der Waals surface area contributed by atoms with Crippen molar-refractivity contribution in [1.82, 2.24) is 34.6 Å². The summed E-state index contributed by atoms with van der Waals surface area (Å²) < 4.78 is 23.9. The van der Waals surface area contributed by atoms with Crippen LogP contribution in [0.25, 0.3) is 28.2 Å². The largest absolute Gasteiger partial charge is 0.377 e. The Labute approximate surface area is 225 Å². The van der Waals surface area contributed by atoms with E-state index in [0.29, 0.717) is 35.9 Å². The lowest BCUT2D eigenvalue weighted by Gasteiger charge is -2.34. The molecule has 200 valence electrons. The van der Waals surface area contributed by atoms with Crippen LogP contribution < -0.4 is 10.2 Å². The van der Waals surface area contributed by atoms with Crippen molar-refractivity contribution in [2.45, 2.75) is 50.9 Å². The Hall–Kier alpha value is -3.02. The van der Waals surface area contributed by atoms with Gasteiger partial charge in [0.2, 0.25) is 5.95 Å². The highest BCUT2D eigenvalue weighted by Gasteiger charge is 2.27. The summed E-state index contributed by atoms with van der Waals surface area (Å²) in [5.74, 6) is 1.04. The molecule has 0 radical (unpaired) electrons. The van der Waals surface area contributed by atoms with Crippen LogP contribution >= 0.6 is 11.8 Å². The molecule has 5 heterocycles. The minimum Gasteiger partial charge on any atom is -0.377 e. The maximum Gasteiger partial charge on any atom is 0.238 e. The molecular weight excluding hydrogens is 503 g/mol. The summed E-state index contributed by atoms with van der Waals surface area (Å²) in [7, 11) is 0. The average Bonchev–Trinajstić information content (AvgIpc) is 3.44. The van der Waals surface area contributed by atoms with Crippen molar-refractivity contribution in [2.75, 3.05) is 44.0 Å². The number of benzene rings is 1. The van der Waals surface area contributed by atoms with Gasteiger partial charge < -0.3 is 15.0 Å². The molecule has 0 bridgehead atoms. The van der Waals surface area contributed by atoms with Gasteiger partial charge in [-0.1, -0.05) is 11.8 Å². The molecular formula is C27H33FN8OS. The van der Waals surface area contributed by atoms with Gasteiger partial charge in [-0.05, 0) is 65.1 Å². The zero-order valence-corrected chi connectivity index (χ0v) is 23.1. The Bertz CT molecular complexity index is 1480. The minimum atomic E-state index is -0.316. The molecule has 11 heteroatoms. The summed E-state index contributed by atoms with van der Waals surface area (Å²) in [6, 6.07) is 7.28. The van der Waals surface area contributed by atoms with E-state index in [0.717, 1.165) is 66.5 Å². The molecule has 2 fully saturated rings. The van der Waals surface area contributed by atoms with Gasteiger partial charge in [0.1, 0.15) is 11.6 Å². The molecule has 1 atom stereocenters. The van der Waals surface area contributed by atoms with Crippen LogP contribution in [0.1, 0.15) is 37.2 Å². The van der Waals surface area contributed by atoms with Gasteiger partial charge in [0.25, 0.3) is 0 Å². The molecule has 0 unspecified atom stereocenters. The smallest absolute Gasteiger partial charge is 0.238 e. The van der Waals surface area contributed by atoms with E-state index < -0.39 is 0 Å². The van der Waals surface area contributed by atoms with Gasteiger partial charge in [-0.25, -0.2) is 14.4 Å². The number of fused-ring (bicyclic) bond motifs is 1. The van der Waals surface area contributed by atoms with Crippen molar-refractivity contribution in [1.29, 1.82) is 0 Å². The normalized spacial score (nSPS) is 19.0. The number of morpholine rings is 1. The topological polar surface area (TPSA) is 85.9 Å². The molecule has 0 aliphatic carbocycles. The second-order valence-corrected chi connectivity index (χ2v) is 10.8. The fourth-order valence-corrected chi connectivity index (χ4v) is 6.22. The van der Waals surface area contributed by atoms with Gasteiger partial charge in [0, 0.05) is 29.9 Å². The van der Waals surface area contributed by atoms with Crippen LogP contribution in [0.2, 0.25) is 0 Å². The molecule has 1 N–H and O–H groups in total. The highest BCUT2D eigenvalue weighted by atomic mass is 32.2. The quantitative estimate of drug-likeness (QED) is 0.378. The predicted molar refractivity (Wildman–Crippen MR) is 148 cm³/mol. The van der Waals surface area contributed by atoms with E-state index in [9.17, 15) is 4.39 Å². The average molecular weight is 537 g/mol. The molecule has 1 aromatic carbocycles. The Morgan fingerprint density at radius 1 is 1.11 bits per heavy atom. The number of anilines is 1. The summed E-state index contributed by atoms with van der Waals surface area (Å²) >= 11 is 1.49. The van der Waals surface area contributed by atoms with Crippen LogP contribution in [0.5, 0.6) is 0 Å². The number of ether oxygens (including phenoxy) is 1. The monoisotopic (exact) mass is 536 g/mol. The number of halogens is 1. The number of nitrogens with one attached hydrogen (secondary N) is 1. The maximum absolute atomic E-state index is 14.0. The highest BCUT2D eigenvalue weighted by molar-refractivity contribution is 7.98. The van der Waals surface area contributed by atoms with E-state index in [4.69, 9.17) is 19.8 Å². The molecule has 0 spiro atoms. The number of hydrogen-bond donors (Lipinski definition) is 1. The van der Waals surface area contributed by atoms with Crippen molar-refractivity contribution >= 4 is 28.6 Å². The van der Waals surface area contributed by atoms with Crippen LogP contribution in [0.4, 0.5) is 10.2 Å². The Kier molecular flexibility index (Phi) is 6.83. The van der Waals surface area contributed by atoms with E-state index in [1.807, 2.05) is 10.8 Å². The Morgan fingerprint density at radius 3 is 2.68 bits per heavy atom. The summed E-state index contributed by atoms with van der Waals surface area (Å²) in [4.78, 5) is 17.1. The lowest BCUT2D eigenvalue weighted by molar-refractivity contribution is 0.0985. The molecule has 38 heavy (non-hydrogen) atoms. The zero-order valence-electron chi connectivity index (χ0n) is 22.2. The van der Waals surface area contributed by atoms with Crippen LogP contribution in [0.3, 0.4) is 0 Å². The predicted octanol–water partition coefficient (Wildman–Crippen LogP) is 4.31. The van der Waals surface area contributed by atoms with E-state index in [1.54, 1.807) is 6.07 Å². The number of aryl methyl sites for hydroxylation is 1. The first-order valence-corrected chi connectivity index (χ1v) is 14.4. The van der Waals surface area contributed by atoms with Crippen molar-refractivity contribution in [3.05, 3.63) is 41.5 Å². The number of piperidine rings is 1. The summed E-state index contributed by atoms with van der Waals surface area (Å²) in [6.07, 6.45) is 4.07. The van der Waals surface area contributed by atoms with Gasteiger partial charge in [-0.3, -0.25) is 9.25 Å². The number of hydrogen-bond acceptors (Lipinski definition) is 8. The third kappa shape index (κ3) is 4.46. The van der Waals surface area contributed by atoms with Crippen LogP contribution in [0.15, 0.2) is 29.4 Å². The van der Waals surface area contributed by atoms with Crippen molar-refractivity contribution in [2.24, 2.45) is 0 Å². The third-order valence-electron chi connectivity index (χ3n) is 7.57. The lowest BCUT2D eigenvalue weighted by atomic mass is 10.1. The maximum atomic E-state index is 14.0. The number of rotatable bonds is 5. The number of thioether (sulfide) groups is 1. The second-order valence-electron chi connectivity index (χ2n) is 10.1. The van der Waals surface area contributed by atoms with Gasteiger partial charge in [0.05, 0.1) is 47.7 Å². The zero-order chi connectivity index (χ0) is 26.4. The minimum absolute atomic E-state index is 0.174. The van der Waals surface area contributed by atoms with E-state index in [2.05, 4.69) is 46.7 Å². The van der Waals surface area contributed by atoms with Crippen LogP contribution in [0, 0.1) is 19.7 Å². The van der Waals surface area contributed by atoms with Crippen LogP contribution in [-0.2, 0) is 4.74 Å². The number of nitrogens with zero attached hydrogens (tertiary/aromatic N) is 7. The number of imidazole rings is 1. The van der Waals surface area contributed by atoms with Gasteiger partial charge in [-0.2, -0.15) is 10.1 Å². The molecule has 2 saturated heterocycles. The highest BCUT2D eigenvalue weighted by Crippen LogP contribution is 2.34. The van der Waals surface area contributed by atoms with Crippen molar-refractivity contribution in [3.63, 3.8) is 0 Å². The fraction of sp³-hybridized carbons (Fsp3) is 0.481. The van der Waals surface area contributed by atoms with E-state index in [1.165, 1.54) is 23.9 Å². The van der Waals surface area contributed by atoms with E-state index >= 15 is 0 Å². The molecule has 2 aliphatic rings. The molecule has 0 amide bonds. The molecule has 6 rings (SSSR count). The summed E-state index contributed by atoms with van der Waals surface area (Å²) in [5, 5.41) is 9.14. The third-order valence-corrected chi connectivity index (χ3v) is 8.21. The number of aromatic nitrogens is 6. The van der Waals surface area contributed by atoms with Gasteiger partial charge in [0.15, 0.2) is 5.16 Å². The second kappa shape index (κ2) is 10.3. The van der Waals surface area contributed by atoms with Gasteiger partial charge >= 0.3 is 0 Å². The first-order chi connectivity index (χ1) is 18.4. The molecule has 9 nitrogen and oxygen atoms in total. The van der Waals surface area contributed by atoms with Crippen molar-refractivity contribution < 1.29 is 9.13 Å².